The minimum Gasteiger partial charge on any atom is -0.405 e. The summed E-state index contributed by atoms with van der Waals surface area (Å²) in [5, 5.41) is 3.11. The maximum Gasteiger partial charge on any atom is 0.261 e. The van der Waals surface area contributed by atoms with E-state index in [9.17, 15) is 4.39 Å². The number of imidazole rings is 1. The topological polar surface area (TPSA) is 52.8 Å². The molecule has 3 heterocycles. The van der Waals surface area contributed by atoms with Crippen molar-refractivity contribution in [2.24, 2.45) is 0 Å². The molecule has 6 rings (SSSR count). The van der Waals surface area contributed by atoms with Gasteiger partial charge < -0.3 is 8.99 Å². The summed E-state index contributed by atoms with van der Waals surface area (Å²) in [5.41, 5.74) is 3.42. The van der Waals surface area contributed by atoms with Crippen molar-refractivity contribution in [1.82, 2.24) is 19.5 Å². The summed E-state index contributed by atoms with van der Waals surface area (Å²) in [6, 6.07) is 30.1. The first-order chi connectivity index (χ1) is 20.3. The van der Waals surface area contributed by atoms with Gasteiger partial charge in [0.1, 0.15) is 11.6 Å². The van der Waals surface area contributed by atoms with Crippen LogP contribution < -0.4 is 10.4 Å². The molecule has 214 valence electrons. The number of benzene rings is 3. The average molecular weight is 595 g/mol. The maximum absolute atomic E-state index is 13.9. The highest BCUT2D eigenvalue weighted by molar-refractivity contribution is 7.98. The first kappa shape index (κ1) is 28.5. The third kappa shape index (κ3) is 5.12. The SMILES string of the molecule is CSc1nccc(-c2c(-c3ccc(F)cc3)nc3n2[C@H](CO[Si](c2ccccc2)(c2ccccc2)C(C)(C)C)CC3)n1. The largest absolute Gasteiger partial charge is 0.405 e. The Labute approximate surface area is 252 Å². The second-order valence-electron chi connectivity index (χ2n) is 11.7. The van der Waals surface area contributed by atoms with Crippen LogP contribution in [-0.4, -0.2) is 40.7 Å². The zero-order chi connectivity index (χ0) is 29.3. The van der Waals surface area contributed by atoms with Crippen LogP contribution in [-0.2, 0) is 10.8 Å². The van der Waals surface area contributed by atoms with E-state index in [-0.39, 0.29) is 16.9 Å². The lowest BCUT2D eigenvalue weighted by Crippen LogP contribution is -2.66. The Morgan fingerprint density at radius 2 is 1.55 bits per heavy atom. The number of nitrogens with zero attached hydrogens (tertiary/aromatic N) is 4. The van der Waals surface area contributed by atoms with Crippen molar-refractivity contribution in [3.8, 4) is 22.6 Å². The molecule has 0 saturated carbocycles. The minimum atomic E-state index is -2.72. The summed E-state index contributed by atoms with van der Waals surface area (Å²) in [6.07, 6.45) is 5.54. The van der Waals surface area contributed by atoms with Crippen molar-refractivity contribution < 1.29 is 8.82 Å². The van der Waals surface area contributed by atoms with Gasteiger partial charge in [-0.2, -0.15) is 0 Å². The Kier molecular flexibility index (Phi) is 7.87. The van der Waals surface area contributed by atoms with Crippen LogP contribution in [0, 0.1) is 5.82 Å². The predicted octanol–water partition coefficient (Wildman–Crippen LogP) is 6.93. The van der Waals surface area contributed by atoms with Crippen molar-refractivity contribution >= 4 is 30.5 Å². The molecular formula is C34H35FN4OSSi. The number of hydrogen-bond donors (Lipinski definition) is 0. The molecule has 0 aliphatic carbocycles. The van der Waals surface area contributed by atoms with E-state index in [1.807, 2.05) is 12.3 Å². The number of aromatic nitrogens is 4. The fourth-order valence-corrected chi connectivity index (χ4v) is 11.2. The van der Waals surface area contributed by atoms with Crippen molar-refractivity contribution in [2.45, 2.75) is 49.8 Å². The van der Waals surface area contributed by atoms with Gasteiger partial charge in [-0.3, -0.25) is 0 Å². The van der Waals surface area contributed by atoms with Crippen LogP contribution in [0.5, 0.6) is 0 Å². The van der Waals surface area contributed by atoms with Crippen LogP contribution in [0.1, 0.15) is 39.1 Å². The molecular weight excluding hydrogens is 560 g/mol. The summed E-state index contributed by atoms with van der Waals surface area (Å²) in [5.74, 6) is 0.736. The Balaban J connectivity index is 1.46. The molecule has 2 aromatic heterocycles. The quantitative estimate of drug-likeness (QED) is 0.111. The molecule has 0 N–H and O–H groups in total. The molecule has 1 atom stereocenters. The van der Waals surface area contributed by atoms with Crippen molar-refractivity contribution in [3.05, 3.63) is 109 Å². The molecule has 0 bridgehead atoms. The number of thioether (sulfide) groups is 1. The number of fused-ring (bicyclic) bond motifs is 1. The third-order valence-electron chi connectivity index (χ3n) is 8.14. The van der Waals surface area contributed by atoms with Gasteiger partial charge >= 0.3 is 0 Å². The molecule has 0 fully saturated rings. The van der Waals surface area contributed by atoms with Crippen LogP contribution >= 0.6 is 11.8 Å². The van der Waals surface area contributed by atoms with E-state index in [0.29, 0.717) is 11.8 Å². The van der Waals surface area contributed by atoms with Crippen molar-refractivity contribution in [2.75, 3.05) is 12.9 Å². The fourth-order valence-electron chi connectivity index (χ4n) is 6.24. The molecule has 5 aromatic rings. The van der Waals surface area contributed by atoms with Gasteiger partial charge in [0.25, 0.3) is 8.32 Å². The normalized spacial score (nSPS) is 15.1. The van der Waals surface area contributed by atoms with E-state index < -0.39 is 8.32 Å². The number of hydrogen-bond acceptors (Lipinski definition) is 5. The van der Waals surface area contributed by atoms with Crippen molar-refractivity contribution in [3.63, 3.8) is 0 Å². The smallest absolute Gasteiger partial charge is 0.261 e. The highest BCUT2D eigenvalue weighted by Gasteiger charge is 2.50. The second-order valence-corrected chi connectivity index (χ2v) is 16.8. The first-order valence-corrected chi connectivity index (χ1v) is 17.4. The van der Waals surface area contributed by atoms with Gasteiger partial charge in [-0.25, -0.2) is 19.3 Å². The molecule has 0 radical (unpaired) electrons. The summed E-state index contributed by atoms with van der Waals surface area (Å²) >= 11 is 1.51. The van der Waals surface area contributed by atoms with Gasteiger partial charge in [0.05, 0.1) is 29.7 Å². The van der Waals surface area contributed by atoms with Crippen LogP contribution in [0.25, 0.3) is 22.6 Å². The molecule has 1 aliphatic heterocycles. The lowest BCUT2D eigenvalue weighted by atomic mass is 10.1. The highest BCUT2D eigenvalue weighted by atomic mass is 32.2. The molecule has 0 unspecified atom stereocenters. The second kappa shape index (κ2) is 11.6. The zero-order valence-corrected chi connectivity index (χ0v) is 26.2. The molecule has 8 heteroatoms. The van der Waals surface area contributed by atoms with Gasteiger partial charge in [0, 0.05) is 18.2 Å². The number of halogens is 1. The Hall–Kier alpha value is -3.59. The summed E-state index contributed by atoms with van der Waals surface area (Å²) < 4.78 is 23.6. The third-order valence-corrected chi connectivity index (χ3v) is 13.7. The molecule has 0 saturated heterocycles. The average Bonchev–Trinajstić information content (AvgIpc) is 3.58. The summed E-state index contributed by atoms with van der Waals surface area (Å²) in [4.78, 5) is 14.4. The van der Waals surface area contributed by atoms with E-state index in [1.165, 1.54) is 34.3 Å². The fraction of sp³-hybridized carbons (Fsp3) is 0.265. The zero-order valence-electron chi connectivity index (χ0n) is 24.4. The number of rotatable bonds is 8. The molecule has 42 heavy (non-hydrogen) atoms. The lowest BCUT2D eigenvalue weighted by molar-refractivity contribution is 0.241. The summed E-state index contributed by atoms with van der Waals surface area (Å²) in [6.45, 7) is 7.46. The van der Waals surface area contributed by atoms with Crippen LogP contribution in [0.3, 0.4) is 0 Å². The maximum atomic E-state index is 13.9. The van der Waals surface area contributed by atoms with E-state index >= 15 is 0 Å². The van der Waals surface area contributed by atoms with E-state index in [4.69, 9.17) is 14.4 Å². The monoisotopic (exact) mass is 594 g/mol. The van der Waals surface area contributed by atoms with Crippen LogP contribution in [0.4, 0.5) is 4.39 Å². The lowest BCUT2D eigenvalue weighted by Gasteiger charge is -2.43. The standard InChI is InChI=1S/C34H35FN4OSSi/c1-34(2,3)42(27-11-7-5-8-12-27,28-13-9-6-10-14-28)40-23-26-19-20-30-38-31(24-15-17-25(35)18-16-24)32(39(26)30)29-21-22-36-33(37-29)41-4/h5-18,21-22,26H,19-20,23H2,1-4H3/t26-/m0/s1. The van der Waals surface area contributed by atoms with Crippen molar-refractivity contribution in [1.29, 1.82) is 0 Å². The highest BCUT2D eigenvalue weighted by Crippen LogP contribution is 2.42. The molecule has 0 amide bonds. The van der Waals surface area contributed by atoms with Gasteiger partial charge in [-0.05, 0) is 58.4 Å². The summed E-state index contributed by atoms with van der Waals surface area (Å²) in [7, 11) is -2.72. The predicted molar refractivity (Wildman–Crippen MR) is 171 cm³/mol. The Bertz CT molecular complexity index is 1630. The van der Waals surface area contributed by atoms with E-state index in [2.05, 4.69) is 91.0 Å². The van der Waals surface area contributed by atoms with E-state index in [1.54, 1.807) is 18.3 Å². The first-order valence-electron chi connectivity index (χ1n) is 14.3. The van der Waals surface area contributed by atoms with Crippen LogP contribution in [0.15, 0.2) is 102 Å². The van der Waals surface area contributed by atoms with Gasteiger partial charge in [0.2, 0.25) is 0 Å². The number of aryl methyl sites for hydroxylation is 1. The van der Waals surface area contributed by atoms with Gasteiger partial charge in [-0.15, -0.1) is 0 Å². The Morgan fingerprint density at radius 1 is 0.905 bits per heavy atom. The Morgan fingerprint density at radius 3 is 2.14 bits per heavy atom. The van der Waals surface area contributed by atoms with Gasteiger partial charge in [0.15, 0.2) is 5.16 Å². The minimum absolute atomic E-state index is 0.0750. The van der Waals surface area contributed by atoms with E-state index in [0.717, 1.165) is 41.3 Å². The molecule has 1 aliphatic rings. The molecule has 0 spiro atoms. The van der Waals surface area contributed by atoms with Gasteiger partial charge in [-0.1, -0.05) is 93.2 Å². The molecule has 3 aromatic carbocycles. The van der Waals surface area contributed by atoms with Crippen LogP contribution in [0.2, 0.25) is 5.04 Å². The molecule has 5 nitrogen and oxygen atoms in total.